The van der Waals surface area contributed by atoms with E-state index in [9.17, 15) is 14.9 Å². The zero-order valence-electron chi connectivity index (χ0n) is 19.9. The Morgan fingerprint density at radius 3 is 2.64 bits per heavy atom. The van der Waals surface area contributed by atoms with Gasteiger partial charge in [0.1, 0.15) is 11.5 Å². The number of pyridine rings is 1. The molecule has 0 aliphatic heterocycles. The quantitative estimate of drug-likeness (QED) is 0.387. The Bertz CT molecular complexity index is 1510. The number of amides is 2. The molecule has 2 aromatic heterocycles. The van der Waals surface area contributed by atoms with Gasteiger partial charge in [0.25, 0.3) is 5.91 Å². The molecule has 9 heteroatoms. The molecule has 2 amide bonds. The fourth-order valence-corrected chi connectivity index (χ4v) is 3.63. The monoisotopic (exact) mass is 480 g/mol. The Kier molecular flexibility index (Phi) is 5.86. The molecule has 1 aliphatic rings. The second kappa shape index (κ2) is 9.15. The Balaban J connectivity index is 1.28. The number of aromatic nitrogens is 3. The first-order valence-corrected chi connectivity index (χ1v) is 11.6. The molecule has 9 nitrogen and oxygen atoms in total. The Morgan fingerprint density at radius 1 is 1.06 bits per heavy atom. The highest BCUT2D eigenvalue weighted by Crippen LogP contribution is 2.30. The standard InChI is InChI=1S/C27H24N6O3/c1-27(2,16-28)19-6-3-5-18(13-19)25(35)29-20-7-4-8-21(14-20)36-22-11-12-23-30-26(32-33(23)15-22)31-24(34)17-9-10-17/h3-8,11-15,17H,9-10H2,1-2H3,(H,29,35)(H,31,32,34). The lowest BCUT2D eigenvalue weighted by Gasteiger charge is -2.16. The van der Waals surface area contributed by atoms with Crippen molar-refractivity contribution in [1.82, 2.24) is 14.6 Å². The van der Waals surface area contributed by atoms with Gasteiger partial charge in [-0.15, -0.1) is 5.10 Å². The van der Waals surface area contributed by atoms with Crippen molar-refractivity contribution in [2.45, 2.75) is 32.1 Å². The number of hydrogen-bond acceptors (Lipinski definition) is 6. The third kappa shape index (κ3) is 5.03. The summed E-state index contributed by atoms with van der Waals surface area (Å²) in [7, 11) is 0. The van der Waals surface area contributed by atoms with E-state index in [1.54, 1.807) is 65.3 Å². The third-order valence-corrected chi connectivity index (χ3v) is 5.94. The molecule has 1 fully saturated rings. The molecule has 1 saturated carbocycles. The molecule has 2 N–H and O–H groups in total. The second-order valence-electron chi connectivity index (χ2n) is 9.27. The van der Waals surface area contributed by atoms with Crippen molar-refractivity contribution in [3.63, 3.8) is 0 Å². The van der Waals surface area contributed by atoms with Gasteiger partial charge in [-0.3, -0.25) is 14.9 Å². The SMILES string of the molecule is CC(C)(C#N)c1cccc(C(=O)Nc2cccc(Oc3ccc4nc(NC(=O)C5CC5)nn4c3)c2)c1. The summed E-state index contributed by atoms with van der Waals surface area (Å²) in [6.45, 7) is 3.62. The van der Waals surface area contributed by atoms with E-state index in [1.165, 1.54) is 0 Å². The minimum Gasteiger partial charge on any atom is -0.456 e. The van der Waals surface area contributed by atoms with Gasteiger partial charge in [-0.05, 0) is 68.7 Å². The van der Waals surface area contributed by atoms with E-state index >= 15 is 0 Å². The maximum Gasteiger partial charge on any atom is 0.255 e. The van der Waals surface area contributed by atoms with Crippen LogP contribution < -0.4 is 15.4 Å². The number of carbonyl (C=O) groups is 2. The van der Waals surface area contributed by atoms with Gasteiger partial charge < -0.3 is 10.1 Å². The number of fused-ring (bicyclic) bond motifs is 1. The van der Waals surface area contributed by atoms with Crippen molar-refractivity contribution in [2.75, 3.05) is 10.6 Å². The van der Waals surface area contributed by atoms with Crippen LogP contribution in [0.3, 0.4) is 0 Å². The van der Waals surface area contributed by atoms with Crippen LogP contribution in [0, 0.1) is 17.2 Å². The van der Waals surface area contributed by atoms with Crippen molar-refractivity contribution in [1.29, 1.82) is 5.26 Å². The maximum absolute atomic E-state index is 12.8. The fourth-order valence-electron chi connectivity index (χ4n) is 3.63. The van der Waals surface area contributed by atoms with Gasteiger partial charge in [-0.2, -0.15) is 10.2 Å². The highest BCUT2D eigenvalue weighted by Gasteiger charge is 2.30. The molecule has 0 spiro atoms. The van der Waals surface area contributed by atoms with Crippen LogP contribution in [0.15, 0.2) is 66.9 Å². The summed E-state index contributed by atoms with van der Waals surface area (Å²) in [5.74, 6) is 1.03. The van der Waals surface area contributed by atoms with Crippen LogP contribution in [0.1, 0.15) is 42.6 Å². The number of nitriles is 1. The van der Waals surface area contributed by atoms with Crippen LogP contribution in [0.4, 0.5) is 11.6 Å². The number of nitrogens with zero attached hydrogens (tertiary/aromatic N) is 4. The molecule has 180 valence electrons. The first kappa shape index (κ1) is 23.1. The predicted molar refractivity (Wildman–Crippen MR) is 134 cm³/mol. The highest BCUT2D eigenvalue weighted by atomic mass is 16.5. The fraction of sp³-hybridized carbons (Fsp3) is 0.222. The van der Waals surface area contributed by atoms with E-state index in [0.29, 0.717) is 28.4 Å². The molecular weight excluding hydrogens is 456 g/mol. The second-order valence-corrected chi connectivity index (χ2v) is 9.27. The molecular formula is C27H24N6O3. The summed E-state index contributed by atoms with van der Waals surface area (Å²) in [5, 5.41) is 19.3. The van der Waals surface area contributed by atoms with Gasteiger partial charge in [0.15, 0.2) is 5.65 Å². The molecule has 0 atom stereocenters. The Labute approximate surface area is 207 Å². The predicted octanol–water partition coefficient (Wildman–Crippen LogP) is 4.92. The van der Waals surface area contributed by atoms with Crippen LogP contribution in [-0.4, -0.2) is 26.4 Å². The summed E-state index contributed by atoms with van der Waals surface area (Å²) in [6.07, 6.45) is 3.48. The van der Waals surface area contributed by atoms with E-state index in [4.69, 9.17) is 4.74 Å². The number of nitrogens with one attached hydrogen (secondary N) is 2. The van der Waals surface area contributed by atoms with Crippen molar-refractivity contribution in [2.24, 2.45) is 5.92 Å². The molecule has 1 aliphatic carbocycles. The average Bonchev–Trinajstić information content (AvgIpc) is 3.65. The van der Waals surface area contributed by atoms with Crippen LogP contribution in [0.25, 0.3) is 5.65 Å². The van der Waals surface area contributed by atoms with Gasteiger partial charge in [0, 0.05) is 23.2 Å². The van der Waals surface area contributed by atoms with Gasteiger partial charge in [0.05, 0.1) is 17.7 Å². The average molecular weight is 481 g/mol. The molecule has 0 bridgehead atoms. The van der Waals surface area contributed by atoms with E-state index < -0.39 is 5.41 Å². The van der Waals surface area contributed by atoms with Gasteiger partial charge in [-0.25, -0.2) is 4.52 Å². The van der Waals surface area contributed by atoms with E-state index in [1.807, 2.05) is 19.9 Å². The number of ether oxygens (including phenoxy) is 1. The largest absolute Gasteiger partial charge is 0.456 e. The van der Waals surface area contributed by atoms with Gasteiger partial charge >= 0.3 is 0 Å². The van der Waals surface area contributed by atoms with E-state index in [0.717, 1.165) is 18.4 Å². The lowest BCUT2D eigenvalue weighted by atomic mass is 9.85. The topological polar surface area (TPSA) is 121 Å². The van der Waals surface area contributed by atoms with Crippen molar-refractivity contribution < 1.29 is 14.3 Å². The number of anilines is 2. The van der Waals surface area contributed by atoms with Gasteiger partial charge in [0.2, 0.25) is 11.9 Å². The minimum absolute atomic E-state index is 0.0539. The molecule has 0 unspecified atom stereocenters. The lowest BCUT2D eigenvalue weighted by Crippen LogP contribution is -2.17. The molecule has 36 heavy (non-hydrogen) atoms. The molecule has 4 aromatic rings. The Morgan fingerprint density at radius 2 is 1.86 bits per heavy atom. The molecule has 0 radical (unpaired) electrons. The minimum atomic E-state index is -0.696. The first-order valence-electron chi connectivity index (χ1n) is 11.6. The zero-order valence-corrected chi connectivity index (χ0v) is 19.9. The highest BCUT2D eigenvalue weighted by molar-refractivity contribution is 6.04. The number of hydrogen-bond donors (Lipinski definition) is 2. The van der Waals surface area contributed by atoms with Crippen LogP contribution in [0.5, 0.6) is 11.5 Å². The summed E-state index contributed by atoms with van der Waals surface area (Å²) in [5.41, 5.74) is 1.68. The van der Waals surface area contributed by atoms with E-state index in [-0.39, 0.29) is 23.7 Å². The summed E-state index contributed by atoms with van der Waals surface area (Å²) < 4.78 is 7.51. The summed E-state index contributed by atoms with van der Waals surface area (Å²) in [4.78, 5) is 29.1. The summed E-state index contributed by atoms with van der Waals surface area (Å²) in [6, 6.07) is 19.8. The lowest BCUT2D eigenvalue weighted by molar-refractivity contribution is -0.117. The summed E-state index contributed by atoms with van der Waals surface area (Å²) >= 11 is 0. The molecule has 5 rings (SSSR count). The van der Waals surface area contributed by atoms with Crippen LogP contribution >= 0.6 is 0 Å². The number of benzene rings is 2. The van der Waals surface area contributed by atoms with Crippen molar-refractivity contribution in [3.8, 4) is 17.6 Å². The van der Waals surface area contributed by atoms with Crippen LogP contribution in [0.2, 0.25) is 0 Å². The molecule has 0 saturated heterocycles. The van der Waals surface area contributed by atoms with E-state index in [2.05, 4.69) is 26.8 Å². The van der Waals surface area contributed by atoms with Crippen molar-refractivity contribution >= 4 is 29.1 Å². The number of rotatable bonds is 7. The molecule has 2 heterocycles. The maximum atomic E-state index is 12.8. The van der Waals surface area contributed by atoms with Crippen molar-refractivity contribution in [3.05, 3.63) is 78.0 Å². The normalized spacial score (nSPS) is 13.1. The third-order valence-electron chi connectivity index (χ3n) is 5.94. The zero-order chi connectivity index (χ0) is 25.3. The van der Waals surface area contributed by atoms with Gasteiger partial charge in [-0.1, -0.05) is 18.2 Å². The number of carbonyl (C=O) groups excluding carboxylic acids is 2. The van der Waals surface area contributed by atoms with Crippen LogP contribution in [-0.2, 0) is 10.2 Å². The Hall–Kier alpha value is -4.71. The smallest absolute Gasteiger partial charge is 0.255 e. The molecule has 2 aromatic carbocycles. The first-order chi connectivity index (χ1) is 17.3.